The smallest absolute Gasteiger partial charge is 0.0266 e. The second-order valence-corrected chi connectivity index (χ2v) is 6.38. The normalized spacial score (nSPS) is 11.1. The first-order chi connectivity index (χ1) is 10.4. The van der Waals surface area contributed by atoms with Crippen LogP contribution in [-0.2, 0) is 0 Å². The molecule has 1 aromatic carbocycles. The van der Waals surface area contributed by atoms with E-state index in [4.69, 9.17) is 5.73 Å². The van der Waals surface area contributed by atoms with Gasteiger partial charge in [-0.2, -0.15) is 0 Å². The standard InChI is InChI=1S/C9H13N.C8H18.C4H10/c1-7-3-5-9(6-4-7)8(2)10;1-4-6-8(3)7-5-2;1-3-4-2/h3-6,8H,10H2,1-2H3;8H,4-7H2,1-3H3;3-4H2,1-2H3. The summed E-state index contributed by atoms with van der Waals surface area (Å²) in [6.45, 7) is 15.3. The van der Waals surface area contributed by atoms with Gasteiger partial charge in [-0.05, 0) is 25.3 Å². The first-order valence-electron chi connectivity index (χ1n) is 9.24. The van der Waals surface area contributed by atoms with Crippen molar-refractivity contribution in [2.75, 3.05) is 0 Å². The van der Waals surface area contributed by atoms with E-state index in [0.29, 0.717) is 0 Å². The molecule has 0 amide bonds. The molecule has 1 rings (SSSR count). The summed E-state index contributed by atoms with van der Waals surface area (Å²) in [5, 5.41) is 0. The molecule has 0 aromatic heterocycles. The summed E-state index contributed by atoms with van der Waals surface area (Å²) in [5.41, 5.74) is 8.15. The number of aryl methyl sites for hydroxylation is 1. The first kappa shape index (κ1) is 23.4. The summed E-state index contributed by atoms with van der Waals surface area (Å²) in [6.07, 6.45) is 8.16. The van der Waals surface area contributed by atoms with Crippen molar-refractivity contribution in [2.45, 2.75) is 93.0 Å². The van der Waals surface area contributed by atoms with Crippen LogP contribution in [0.25, 0.3) is 0 Å². The third-order valence-electron chi connectivity index (χ3n) is 3.67. The van der Waals surface area contributed by atoms with Crippen LogP contribution in [0.4, 0.5) is 0 Å². The molecule has 0 saturated carbocycles. The van der Waals surface area contributed by atoms with Crippen molar-refractivity contribution in [2.24, 2.45) is 11.7 Å². The molecule has 0 heterocycles. The molecule has 22 heavy (non-hydrogen) atoms. The second kappa shape index (κ2) is 16.5. The van der Waals surface area contributed by atoms with Crippen molar-refractivity contribution in [3.8, 4) is 0 Å². The van der Waals surface area contributed by atoms with Crippen molar-refractivity contribution in [1.82, 2.24) is 0 Å². The maximum atomic E-state index is 5.66. The molecule has 1 aromatic rings. The second-order valence-electron chi connectivity index (χ2n) is 6.38. The Kier molecular flexibility index (Phi) is 17.6. The molecule has 0 fully saturated rings. The highest BCUT2D eigenvalue weighted by atomic mass is 14.6. The Bertz CT molecular complexity index is 305. The van der Waals surface area contributed by atoms with E-state index in [1.807, 2.05) is 6.92 Å². The zero-order chi connectivity index (χ0) is 17.4. The molecule has 0 aliphatic heterocycles. The van der Waals surface area contributed by atoms with Crippen LogP contribution in [0, 0.1) is 12.8 Å². The third kappa shape index (κ3) is 15.6. The largest absolute Gasteiger partial charge is 0.324 e. The van der Waals surface area contributed by atoms with Crippen LogP contribution in [0.3, 0.4) is 0 Å². The number of hydrogen-bond acceptors (Lipinski definition) is 1. The summed E-state index contributed by atoms with van der Waals surface area (Å²) < 4.78 is 0. The maximum Gasteiger partial charge on any atom is 0.0266 e. The molecule has 0 aliphatic rings. The van der Waals surface area contributed by atoms with Gasteiger partial charge >= 0.3 is 0 Å². The van der Waals surface area contributed by atoms with E-state index in [0.717, 1.165) is 5.92 Å². The molecule has 0 saturated heterocycles. The lowest BCUT2D eigenvalue weighted by molar-refractivity contribution is 0.480. The van der Waals surface area contributed by atoms with E-state index in [1.54, 1.807) is 0 Å². The third-order valence-corrected chi connectivity index (χ3v) is 3.67. The Hall–Kier alpha value is -0.820. The lowest BCUT2D eigenvalue weighted by Crippen LogP contribution is -2.04. The topological polar surface area (TPSA) is 26.0 Å². The fourth-order valence-corrected chi connectivity index (χ4v) is 2.00. The molecular weight excluding hydrogens is 266 g/mol. The number of hydrogen-bond donors (Lipinski definition) is 1. The van der Waals surface area contributed by atoms with Crippen LogP contribution in [0.15, 0.2) is 24.3 Å². The average molecular weight is 308 g/mol. The van der Waals surface area contributed by atoms with Crippen molar-refractivity contribution < 1.29 is 0 Å². The SMILES string of the molecule is CCCC.CCCC(C)CCC.Cc1ccc(C(C)N)cc1. The van der Waals surface area contributed by atoms with Gasteiger partial charge in [-0.1, -0.05) is 103 Å². The van der Waals surface area contributed by atoms with E-state index in [1.165, 1.54) is 49.7 Å². The molecule has 2 N–H and O–H groups in total. The minimum atomic E-state index is 0.153. The van der Waals surface area contributed by atoms with Crippen LogP contribution in [0.1, 0.15) is 97.2 Å². The summed E-state index contributed by atoms with van der Waals surface area (Å²) in [5.74, 6) is 0.963. The summed E-state index contributed by atoms with van der Waals surface area (Å²) in [4.78, 5) is 0. The highest BCUT2D eigenvalue weighted by Gasteiger charge is 1.96. The molecular formula is C21H41N. The fourth-order valence-electron chi connectivity index (χ4n) is 2.00. The molecule has 130 valence electrons. The van der Waals surface area contributed by atoms with Gasteiger partial charge in [-0.25, -0.2) is 0 Å². The number of nitrogens with two attached hydrogens (primary N) is 1. The van der Waals surface area contributed by atoms with E-state index in [-0.39, 0.29) is 6.04 Å². The Labute approximate surface area is 140 Å². The van der Waals surface area contributed by atoms with Gasteiger partial charge in [-0.15, -0.1) is 0 Å². The lowest BCUT2D eigenvalue weighted by atomic mass is 10.0. The summed E-state index contributed by atoms with van der Waals surface area (Å²) in [7, 11) is 0. The highest BCUT2D eigenvalue weighted by molar-refractivity contribution is 5.23. The van der Waals surface area contributed by atoms with Crippen LogP contribution < -0.4 is 5.73 Å². The highest BCUT2D eigenvalue weighted by Crippen LogP contribution is 2.11. The van der Waals surface area contributed by atoms with Gasteiger partial charge in [-0.3, -0.25) is 0 Å². The van der Waals surface area contributed by atoms with Crippen LogP contribution in [0.5, 0.6) is 0 Å². The van der Waals surface area contributed by atoms with Crippen molar-refractivity contribution in [3.63, 3.8) is 0 Å². The predicted octanol–water partition coefficient (Wildman–Crippen LogP) is 7.04. The zero-order valence-electron chi connectivity index (χ0n) is 16.3. The van der Waals surface area contributed by atoms with Crippen LogP contribution >= 0.6 is 0 Å². The van der Waals surface area contributed by atoms with E-state index in [9.17, 15) is 0 Å². The van der Waals surface area contributed by atoms with Crippen molar-refractivity contribution in [1.29, 1.82) is 0 Å². The maximum absolute atomic E-state index is 5.66. The molecule has 1 atom stereocenters. The average Bonchev–Trinajstić information content (AvgIpc) is 2.49. The summed E-state index contributed by atoms with van der Waals surface area (Å²) >= 11 is 0. The fraction of sp³-hybridized carbons (Fsp3) is 0.714. The quantitative estimate of drug-likeness (QED) is 0.599. The molecule has 0 spiro atoms. The number of benzene rings is 1. The van der Waals surface area contributed by atoms with Gasteiger partial charge in [0.2, 0.25) is 0 Å². The molecule has 0 aliphatic carbocycles. The molecule has 0 radical (unpaired) electrons. The lowest BCUT2D eigenvalue weighted by Gasteiger charge is -2.05. The predicted molar refractivity (Wildman–Crippen MR) is 103 cm³/mol. The van der Waals surface area contributed by atoms with Gasteiger partial charge in [0.05, 0.1) is 0 Å². The Morgan fingerprint density at radius 2 is 1.18 bits per heavy atom. The van der Waals surface area contributed by atoms with E-state index in [2.05, 4.69) is 65.8 Å². The Balaban J connectivity index is 0. The van der Waals surface area contributed by atoms with Gasteiger partial charge in [0.15, 0.2) is 0 Å². The Morgan fingerprint density at radius 1 is 0.773 bits per heavy atom. The van der Waals surface area contributed by atoms with Crippen molar-refractivity contribution in [3.05, 3.63) is 35.4 Å². The molecule has 1 unspecified atom stereocenters. The Morgan fingerprint density at radius 3 is 1.45 bits per heavy atom. The minimum Gasteiger partial charge on any atom is -0.324 e. The minimum absolute atomic E-state index is 0.153. The zero-order valence-corrected chi connectivity index (χ0v) is 16.3. The summed E-state index contributed by atoms with van der Waals surface area (Å²) in [6, 6.07) is 8.46. The van der Waals surface area contributed by atoms with Gasteiger partial charge < -0.3 is 5.73 Å². The van der Waals surface area contributed by atoms with Gasteiger partial charge in [0.1, 0.15) is 0 Å². The molecule has 1 nitrogen and oxygen atoms in total. The monoisotopic (exact) mass is 307 g/mol. The molecule has 1 heteroatoms. The van der Waals surface area contributed by atoms with Crippen molar-refractivity contribution >= 4 is 0 Å². The van der Waals surface area contributed by atoms with Crippen LogP contribution in [-0.4, -0.2) is 0 Å². The molecule has 0 bridgehead atoms. The van der Waals surface area contributed by atoms with E-state index >= 15 is 0 Å². The van der Waals surface area contributed by atoms with Gasteiger partial charge in [0, 0.05) is 6.04 Å². The first-order valence-corrected chi connectivity index (χ1v) is 9.24. The number of unbranched alkanes of at least 4 members (excludes halogenated alkanes) is 1. The van der Waals surface area contributed by atoms with E-state index < -0.39 is 0 Å². The van der Waals surface area contributed by atoms with Crippen LogP contribution in [0.2, 0.25) is 0 Å². The van der Waals surface area contributed by atoms with Gasteiger partial charge in [0.25, 0.3) is 0 Å². The number of rotatable bonds is 6.